The minimum absolute atomic E-state index is 0.127. The lowest BCUT2D eigenvalue weighted by molar-refractivity contribution is 0.634. The van der Waals surface area contributed by atoms with E-state index >= 15 is 0 Å². The van der Waals surface area contributed by atoms with Crippen LogP contribution in [0.2, 0.25) is 5.02 Å². The van der Waals surface area contributed by atoms with Crippen molar-refractivity contribution in [3.63, 3.8) is 0 Å². The van der Waals surface area contributed by atoms with Gasteiger partial charge in [-0.05, 0) is 30.9 Å². The lowest BCUT2D eigenvalue weighted by Crippen LogP contribution is -2.11. The molecule has 1 heterocycles. The molecule has 0 aliphatic heterocycles. The van der Waals surface area contributed by atoms with Gasteiger partial charge < -0.3 is 4.98 Å². The van der Waals surface area contributed by atoms with Crippen LogP contribution in [-0.4, -0.2) is 9.97 Å². The second-order valence-corrected chi connectivity index (χ2v) is 5.55. The highest BCUT2D eigenvalue weighted by Crippen LogP contribution is 2.22. The summed E-state index contributed by atoms with van der Waals surface area (Å²) in [4.78, 5) is 18.9. The van der Waals surface area contributed by atoms with E-state index in [1.807, 2.05) is 25.1 Å². The van der Waals surface area contributed by atoms with Crippen molar-refractivity contribution in [2.45, 2.75) is 27.2 Å². The maximum atomic E-state index is 11.7. The zero-order valence-corrected chi connectivity index (χ0v) is 12.1. The Kier molecular flexibility index (Phi) is 4.05. The Morgan fingerprint density at radius 3 is 2.68 bits per heavy atom. The highest BCUT2D eigenvalue weighted by atomic mass is 35.5. The lowest BCUT2D eigenvalue weighted by Gasteiger charge is -2.07. The molecule has 19 heavy (non-hydrogen) atoms. The number of halogens is 1. The fourth-order valence-electron chi connectivity index (χ4n) is 1.91. The monoisotopic (exact) mass is 276 g/mol. The van der Waals surface area contributed by atoms with Gasteiger partial charge in [0.2, 0.25) is 0 Å². The van der Waals surface area contributed by atoms with Crippen LogP contribution in [0.15, 0.2) is 29.1 Å². The fourth-order valence-corrected chi connectivity index (χ4v) is 2.09. The first kappa shape index (κ1) is 13.8. The van der Waals surface area contributed by atoms with Crippen molar-refractivity contribution < 1.29 is 0 Å². The Morgan fingerprint density at radius 2 is 2.05 bits per heavy atom. The summed E-state index contributed by atoms with van der Waals surface area (Å²) in [7, 11) is 0. The first-order valence-electron chi connectivity index (χ1n) is 6.32. The van der Waals surface area contributed by atoms with E-state index in [9.17, 15) is 4.79 Å². The van der Waals surface area contributed by atoms with Gasteiger partial charge in [0.1, 0.15) is 5.82 Å². The van der Waals surface area contributed by atoms with Gasteiger partial charge in [-0.25, -0.2) is 4.98 Å². The number of benzene rings is 1. The third-order valence-electron chi connectivity index (χ3n) is 2.86. The molecule has 0 amide bonds. The Hall–Kier alpha value is -1.61. The van der Waals surface area contributed by atoms with Crippen LogP contribution in [-0.2, 0) is 6.42 Å². The van der Waals surface area contributed by atoms with Gasteiger partial charge in [-0.2, -0.15) is 0 Å². The zero-order chi connectivity index (χ0) is 14.0. The van der Waals surface area contributed by atoms with Gasteiger partial charge in [0.05, 0.1) is 0 Å². The number of aryl methyl sites for hydroxylation is 1. The molecule has 0 spiro atoms. The van der Waals surface area contributed by atoms with Crippen LogP contribution >= 0.6 is 11.6 Å². The van der Waals surface area contributed by atoms with Crippen LogP contribution in [0.3, 0.4) is 0 Å². The average molecular weight is 277 g/mol. The molecule has 2 aromatic rings. The molecule has 1 aromatic carbocycles. The second kappa shape index (κ2) is 5.57. The summed E-state index contributed by atoms with van der Waals surface area (Å²) in [5, 5.41) is 0.675. The molecule has 0 saturated heterocycles. The highest BCUT2D eigenvalue weighted by molar-refractivity contribution is 6.31. The van der Waals surface area contributed by atoms with Gasteiger partial charge in [0.15, 0.2) is 0 Å². The first-order valence-corrected chi connectivity index (χ1v) is 6.70. The van der Waals surface area contributed by atoms with Crippen LogP contribution in [0.4, 0.5) is 0 Å². The van der Waals surface area contributed by atoms with E-state index < -0.39 is 0 Å². The summed E-state index contributed by atoms with van der Waals surface area (Å²) in [5.74, 6) is 1.04. The number of nitrogens with zero attached hydrogens (tertiary/aromatic N) is 1. The molecule has 3 nitrogen and oxygen atoms in total. The topological polar surface area (TPSA) is 45.8 Å². The Morgan fingerprint density at radius 1 is 1.32 bits per heavy atom. The highest BCUT2D eigenvalue weighted by Gasteiger charge is 2.07. The van der Waals surface area contributed by atoms with Crippen molar-refractivity contribution in [1.82, 2.24) is 9.97 Å². The van der Waals surface area contributed by atoms with Crippen molar-refractivity contribution in [2.75, 3.05) is 0 Å². The lowest BCUT2D eigenvalue weighted by atomic mass is 10.1. The summed E-state index contributed by atoms with van der Waals surface area (Å²) >= 11 is 6.11. The molecule has 1 aromatic heterocycles. The maximum Gasteiger partial charge on any atom is 0.251 e. The minimum Gasteiger partial charge on any atom is -0.307 e. The number of aromatic nitrogens is 2. The molecule has 0 saturated carbocycles. The van der Waals surface area contributed by atoms with Crippen LogP contribution in [0.1, 0.15) is 25.1 Å². The normalized spacial score (nSPS) is 11.0. The van der Waals surface area contributed by atoms with E-state index in [0.717, 1.165) is 23.2 Å². The van der Waals surface area contributed by atoms with E-state index in [1.54, 1.807) is 6.07 Å². The molecule has 0 aliphatic carbocycles. The van der Waals surface area contributed by atoms with Gasteiger partial charge in [-0.15, -0.1) is 0 Å². The average Bonchev–Trinajstić information content (AvgIpc) is 2.31. The van der Waals surface area contributed by atoms with E-state index in [1.165, 1.54) is 0 Å². The molecule has 0 unspecified atom stereocenters. The van der Waals surface area contributed by atoms with E-state index in [0.29, 0.717) is 16.8 Å². The van der Waals surface area contributed by atoms with Crippen LogP contribution in [0.25, 0.3) is 11.4 Å². The number of hydrogen-bond donors (Lipinski definition) is 1. The fraction of sp³-hybridized carbons (Fsp3) is 0.333. The third-order valence-corrected chi connectivity index (χ3v) is 3.26. The minimum atomic E-state index is -0.127. The van der Waals surface area contributed by atoms with Gasteiger partial charge in [-0.3, -0.25) is 4.79 Å². The number of rotatable bonds is 3. The van der Waals surface area contributed by atoms with Gasteiger partial charge in [-0.1, -0.05) is 37.6 Å². The number of aromatic amines is 1. The molecule has 1 N–H and O–H groups in total. The van der Waals surface area contributed by atoms with E-state index in [4.69, 9.17) is 11.6 Å². The third kappa shape index (κ3) is 3.44. The van der Waals surface area contributed by atoms with Gasteiger partial charge in [0.25, 0.3) is 5.56 Å². The summed E-state index contributed by atoms with van der Waals surface area (Å²) < 4.78 is 0. The SMILES string of the molecule is Cc1ccc(-c2nc(CC(C)C)cc(=O)[nH]2)cc1Cl. The number of nitrogens with one attached hydrogen (secondary N) is 1. The Balaban J connectivity index is 2.46. The predicted octanol–water partition coefficient (Wildman–Crippen LogP) is 3.60. The standard InChI is InChI=1S/C15H17ClN2O/c1-9(2)6-12-8-14(19)18-15(17-12)11-5-4-10(3)13(16)7-11/h4-5,7-9H,6H2,1-3H3,(H,17,18,19). The molecule has 0 radical (unpaired) electrons. The molecule has 0 atom stereocenters. The van der Waals surface area contributed by atoms with E-state index in [2.05, 4.69) is 23.8 Å². The number of hydrogen-bond acceptors (Lipinski definition) is 2. The molecule has 2 rings (SSSR count). The van der Waals surface area contributed by atoms with Crippen molar-refractivity contribution in [3.8, 4) is 11.4 Å². The summed E-state index contributed by atoms with van der Waals surface area (Å²) in [6, 6.07) is 7.22. The molecule has 0 aliphatic rings. The van der Waals surface area contributed by atoms with Crippen LogP contribution < -0.4 is 5.56 Å². The van der Waals surface area contributed by atoms with Gasteiger partial charge >= 0.3 is 0 Å². The van der Waals surface area contributed by atoms with Crippen molar-refractivity contribution >= 4 is 11.6 Å². The zero-order valence-electron chi connectivity index (χ0n) is 11.3. The van der Waals surface area contributed by atoms with E-state index in [-0.39, 0.29) is 5.56 Å². The first-order chi connectivity index (χ1) is 8.95. The van der Waals surface area contributed by atoms with Crippen LogP contribution in [0.5, 0.6) is 0 Å². The second-order valence-electron chi connectivity index (χ2n) is 5.15. The van der Waals surface area contributed by atoms with Crippen molar-refractivity contribution in [3.05, 3.63) is 50.9 Å². The molecular weight excluding hydrogens is 260 g/mol. The maximum absolute atomic E-state index is 11.7. The molecular formula is C15H17ClN2O. The molecule has 0 fully saturated rings. The quantitative estimate of drug-likeness (QED) is 0.931. The summed E-state index contributed by atoms with van der Waals surface area (Å²) in [5.41, 5.74) is 2.52. The van der Waals surface area contributed by atoms with Crippen LogP contribution in [0, 0.1) is 12.8 Å². The van der Waals surface area contributed by atoms with Gasteiger partial charge in [0, 0.05) is 22.3 Å². The summed E-state index contributed by atoms with van der Waals surface area (Å²) in [6.07, 6.45) is 0.788. The van der Waals surface area contributed by atoms with Crippen molar-refractivity contribution in [1.29, 1.82) is 0 Å². The summed E-state index contributed by atoms with van der Waals surface area (Å²) in [6.45, 7) is 6.15. The molecule has 4 heteroatoms. The largest absolute Gasteiger partial charge is 0.307 e. The smallest absolute Gasteiger partial charge is 0.251 e. The Labute approximate surface area is 117 Å². The Bertz CT molecular complexity index is 647. The molecule has 0 bridgehead atoms. The predicted molar refractivity (Wildman–Crippen MR) is 78.6 cm³/mol. The number of H-pyrrole nitrogens is 1. The van der Waals surface area contributed by atoms with Crippen molar-refractivity contribution in [2.24, 2.45) is 5.92 Å². The molecule has 100 valence electrons.